The first-order chi connectivity index (χ1) is 17.2. The van der Waals surface area contributed by atoms with Crippen LogP contribution in [0.25, 0.3) is 10.1 Å². The fourth-order valence-corrected chi connectivity index (χ4v) is 6.31. The number of hydrogen-bond acceptors (Lipinski definition) is 6. The van der Waals surface area contributed by atoms with Gasteiger partial charge in [-0.25, -0.2) is 18.2 Å². The molecule has 9 nitrogen and oxygen atoms in total. The maximum atomic E-state index is 13.7. The lowest BCUT2D eigenvalue weighted by molar-refractivity contribution is -0.139. The number of H-pyrrole nitrogens is 1. The first kappa shape index (κ1) is 25.4. The third kappa shape index (κ3) is 5.42. The van der Waals surface area contributed by atoms with E-state index >= 15 is 0 Å². The lowest BCUT2D eigenvalue weighted by Gasteiger charge is -2.24. The van der Waals surface area contributed by atoms with Gasteiger partial charge in [0.1, 0.15) is 6.04 Å². The van der Waals surface area contributed by atoms with E-state index in [1.165, 1.54) is 34.1 Å². The number of aliphatic carboxylic acids is 1. The van der Waals surface area contributed by atoms with Gasteiger partial charge >= 0.3 is 5.97 Å². The summed E-state index contributed by atoms with van der Waals surface area (Å²) >= 11 is 1.18. The molecule has 4 aromatic rings. The Morgan fingerprint density at radius 1 is 1.14 bits per heavy atom. The van der Waals surface area contributed by atoms with Crippen molar-refractivity contribution >= 4 is 49.0 Å². The Bertz CT molecular complexity index is 1460. The van der Waals surface area contributed by atoms with Crippen LogP contribution >= 0.6 is 11.3 Å². The molecular weight excluding hydrogens is 500 g/mol. The number of carboxylic acid groups (broad SMARTS) is 1. The zero-order valence-corrected chi connectivity index (χ0v) is 21.3. The molecule has 1 atom stereocenters. The van der Waals surface area contributed by atoms with Gasteiger partial charge in [0.2, 0.25) is 0 Å². The molecule has 188 valence electrons. The number of carbonyl (C=O) groups excluding carboxylic acids is 1. The first-order valence-electron chi connectivity index (χ1n) is 11.3. The topological polar surface area (TPSA) is 132 Å². The molecule has 0 aliphatic carbocycles. The maximum Gasteiger partial charge on any atom is 0.326 e. The highest BCUT2D eigenvalue weighted by Gasteiger charge is 2.28. The molecule has 0 bridgehead atoms. The number of anilines is 1. The highest BCUT2D eigenvalue weighted by molar-refractivity contribution is 7.92. The van der Waals surface area contributed by atoms with Crippen molar-refractivity contribution in [3.63, 3.8) is 0 Å². The summed E-state index contributed by atoms with van der Waals surface area (Å²) in [6.45, 7) is 3.77. The number of nitrogens with zero attached hydrogens (tertiary/aromatic N) is 2. The fraction of sp³-hybridized carbons (Fsp3) is 0.240. The number of sulfonamides is 1. The molecule has 11 heteroatoms. The molecule has 0 saturated heterocycles. The molecular formula is C25H26N4O5S2. The van der Waals surface area contributed by atoms with E-state index in [0.29, 0.717) is 32.8 Å². The van der Waals surface area contributed by atoms with E-state index in [1.807, 2.05) is 13.8 Å². The van der Waals surface area contributed by atoms with E-state index in [-0.39, 0.29) is 17.4 Å². The molecule has 0 aliphatic heterocycles. The number of thiophene rings is 1. The molecule has 0 saturated carbocycles. The number of aromatic amines is 1. The van der Waals surface area contributed by atoms with Crippen LogP contribution in [0.2, 0.25) is 0 Å². The van der Waals surface area contributed by atoms with Crippen molar-refractivity contribution in [1.29, 1.82) is 0 Å². The van der Waals surface area contributed by atoms with Gasteiger partial charge in [-0.2, -0.15) is 0 Å². The zero-order chi connectivity index (χ0) is 25.9. The number of carboxylic acids is 1. The van der Waals surface area contributed by atoms with Gasteiger partial charge in [0.25, 0.3) is 15.9 Å². The Hall–Kier alpha value is -3.70. The second kappa shape index (κ2) is 10.5. The molecule has 36 heavy (non-hydrogen) atoms. The van der Waals surface area contributed by atoms with Gasteiger partial charge in [0, 0.05) is 16.3 Å². The monoisotopic (exact) mass is 526 g/mol. The predicted octanol–water partition coefficient (Wildman–Crippen LogP) is 4.25. The second-order valence-corrected chi connectivity index (χ2v) is 11.6. The number of aromatic nitrogens is 2. The van der Waals surface area contributed by atoms with Crippen molar-refractivity contribution in [2.24, 2.45) is 5.92 Å². The predicted molar refractivity (Wildman–Crippen MR) is 139 cm³/mol. The molecule has 4 rings (SSSR count). The Morgan fingerprint density at radius 2 is 1.89 bits per heavy atom. The highest BCUT2D eigenvalue weighted by Crippen LogP contribution is 2.36. The van der Waals surface area contributed by atoms with Crippen LogP contribution in [0.5, 0.6) is 0 Å². The van der Waals surface area contributed by atoms with Crippen LogP contribution in [-0.2, 0) is 21.4 Å². The number of hydrogen-bond donors (Lipinski definition) is 3. The third-order valence-corrected chi connectivity index (χ3v) is 8.41. The third-order valence-electron chi connectivity index (χ3n) is 5.54. The molecule has 3 N–H and O–H groups in total. The number of fused-ring (bicyclic) bond motifs is 1. The average molecular weight is 527 g/mol. The lowest BCUT2D eigenvalue weighted by Crippen LogP contribution is -2.41. The smallest absolute Gasteiger partial charge is 0.326 e. The number of nitrogens with one attached hydrogen (secondary N) is 2. The summed E-state index contributed by atoms with van der Waals surface area (Å²) in [5.41, 5.74) is 0.996. The second-order valence-electron chi connectivity index (χ2n) is 8.70. The largest absolute Gasteiger partial charge is 0.480 e. The minimum Gasteiger partial charge on any atom is -0.480 e. The zero-order valence-electron chi connectivity index (χ0n) is 19.7. The van der Waals surface area contributed by atoms with Gasteiger partial charge < -0.3 is 15.4 Å². The number of carbonyl (C=O) groups is 2. The minimum atomic E-state index is -3.96. The number of imidazole rings is 1. The lowest BCUT2D eigenvalue weighted by atomic mass is 10.0. The SMILES string of the molecule is CC(C)C[C@H](NC(=O)c1cc2c(N(Cc3cnc[nH]3)S(=O)(=O)c3ccccc3)cccc2s1)C(=O)O. The van der Waals surface area contributed by atoms with Gasteiger partial charge in [-0.05, 0) is 42.7 Å². The number of rotatable bonds is 10. The molecule has 0 aliphatic rings. The summed E-state index contributed by atoms with van der Waals surface area (Å²) in [7, 11) is -3.96. The quantitative estimate of drug-likeness (QED) is 0.283. The van der Waals surface area contributed by atoms with Crippen molar-refractivity contribution in [1.82, 2.24) is 15.3 Å². The summed E-state index contributed by atoms with van der Waals surface area (Å²) in [6, 6.07) is 13.9. The molecule has 0 fully saturated rings. The Kier molecular flexibility index (Phi) is 7.41. The normalized spacial score (nSPS) is 12.5. The number of benzene rings is 2. The van der Waals surface area contributed by atoms with Crippen LogP contribution in [0, 0.1) is 5.92 Å². The summed E-state index contributed by atoms with van der Waals surface area (Å²) in [4.78, 5) is 32.0. The van der Waals surface area contributed by atoms with Crippen molar-refractivity contribution in [2.75, 3.05) is 4.31 Å². The van der Waals surface area contributed by atoms with E-state index in [1.54, 1.807) is 48.7 Å². The van der Waals surface area contributed by atoms with Crippen molar-refractivity contribution in [2.45, 2.75) is 37.8 Å². The van der Waals surface area contributed by atoms with Gasteiger partial charge in [-0.3, -0.25) is 9.10 Å². The highest BCUT2D eigenvalue weighted by atomic mass is 32.2. The van der Waals surface area contributed by atoms with E-state index < -0.39 is 27.9 Å². The molecule has 0 spiro atoms. The molecule has 2 heterocycles. The maximum absolute atomic E-state index is 13.7. The first-order valence-corrected chi connectivity index (χ1v) is 13.5. The summed E-state index contributed by atoms with van der Waals surface area (Å²) in [6.07, 6.45) is 3.33. The van der Waals surface area contributed by atoms with Crippen molar-refractivity contribution in [3.05, 3.63) is 77.7 Å². The van der Waals surface area contributed by atoms with Crippen molar-refractivity contribution < 1.29 is 23.1 Å². The molecule has 1 amide bonds. The van der Waals surface area contributed by atoms with Crippen LogP contribution in [-0.4, -0.2) is 41.4 Å². The standard InChI is InChI=1S/C25H26N4O5S2/c1-16(2)11-20(25(31)32)28-24(30)23-12-19-21(9-6-10-22(19)35-23)29(14-17-13-26-15-27-17)36(33,34)18-7-4-3-5-8-18/h3-10,12-13,15-16,20H,11,14H2,1-2H3,(H,26,27)(H,28,30)(H,31,32)/t20-/m0/s1. The van der Waals surface area contributed by atoms with E-state index in [2.05, 4.69) is 15.3 Å². The average Bonchev–Trinajstić information content (AvgIpc) is 3.52. The van der Waals surface area contributed by atoms with E-state index in [0.717, 1.165) is 0 Å². The molecule has 2 aromatic carbocycles. The Labute approximate surface area is 212 Å². The van der Waals surface area contributed by atoms with Crippen LogP contribution in [0.4, 0.5) is 5.69 Å². The van der Waals surface area contributed by atoms with Crippen LogP contribution in [0.15, 0.2) is 72.0 Å². The van der Waals surface area contributed by atoms with Crippen LogP contribution in [0.3, 0.4) is 0 Å². The Balaban J connectivity index is 1.76. The van der Waals surface area contributed by atoms with Gasteiger partial charge in [0.05, 0.1) is 34.0 Å². The van der Waals surface area contributed by atoms with Gasteiger partial charge in [-0.1, -0.05) is 38.1 Å². The molecule has 0 radical (unpaired) electrons. The Morgan fingerprint density at radius 3 is 2.53 bits per heavy atom. The van der Waals surface area contributed by atoms with Gasteiger partial charge in [0.15, 0.2) is 0 Å². The minimum absolute atomic E-state index is 0.00317. The fourth-order valence-electron chi connectivity index (χ4n) is 3.84. The number of amides is 1. The van der Waals surface area contributed by atoms with Crippen molar-refractivity contribution in [3.8, 4) is 0 Å². The summed E-state index contributed by atoms with van der Waals surface area (Å²) < 4.78 is 29.4. The molecule has 0 unspecified atom stereocenters. The van der Waals surface area contributed by atoms with Gasteiger partial charge in [-0.15, -0.1) is 11.3 Å². The molecule has 2 aromatic heterocycles. The van der Waals surface area contributed by atoms with E-state index in [4.69, 9.17) is 0 Å². The summed E-state index contributed by atoms with van der Waals surface area (Å²) in [5, 5.41) is 12.7. The van der Waals surface area contributed by atoms with Crippen LogP contribution < -0.4 is 9.62 Å². The summed E-state index contributed by atoms with van der Waals surface area (Å²) in [5.74, 6) is -1.53. The van der Waals surface area contributed by atoms with E-state index in [9.17, 15) is 23.1 Å². The van der Waals surface area contributed by atoms with Crippen LogP contribution in [0.1, 0.15) is 35.6 Å².